The van der Waals surface area contributed by atoms with Gasteiger partial charge in [-0.15, -0.1) is 0 Å². The third-order valence-electron chi connectivity index (χ3n) is 2.69. The molecule has 1 nitrogen and oxygen atoms in total. The number of rotatable bonds is 5. The van der Waals surface area contributed by atoms with Crippen LogP contribution >= 0.6 is 33.9 Å². The number of hydrogen-bond donors (Lipinski definition) is 1. The van der Waals surface area contributed by atoms with Crippen LogP contribution in [-0.2, 0) is 13.0 Å². The SMILES string of the molecule is CC(Cc1ccsc1)NCc1ccc(I)cc1. The molecule has 0 fully saturated rings. The van der Waals surface area contributed by atoms with E-state index >= 15 is 0 Å². The molecule has 0 bridgehead atoms. The lowest BCUT2D eigenvalue weighted by atomic mass is 10.1. The molecule has 90 valence electrons. The normalized spacial score (nSPS) is 12.6. The zero-order chi connectivity index (χ0) is 12.1. The molecule has 0 aliphatic carbocycles. The second-order valence-electron chi connectivity index (χ2n) is 4.24. The van der Waals surface area contributed by atoms with E-state index in [1.165, 1.54) is 14.7 Å². The molecule has 1 N–H and O–H groups in total. The Morgan fingerprint density at radius 1 is 1.18 bits per heavy atom. The van der Waals surface area contributed by atoms with E-state index < -0.39 is 0 Å². The summed E-state index contributed by atoms with van der Waals surface area (Å²) in [5.74, 6) is 0. The fourth-order valence-electron chi connectivity index (χ4n) is 1.73. The lowest BCUT2D eigenvalue weighted by Gasteiger charge is -2.13. The van der Waals surface area contributed by atoms with E-state index in [-0.39, 0.29) is 0 Å². The van der Waals surface area contributed by atoms with Gasteiger partial charge in [0, 0.05) is 16.2 Å². The second-order valence-corrected chi connectivity index (χ2v) is 6.27. The molecule has 0 aliphatic heterocycles. The molecule has 17 heavy (non-hydrogen) atoms. The van der Waals surface area contributed by atoms with Gasteiger partial charge in [-0.2, -0.15) is 11.3 Å². The van der Waals surface area contributed by atoms with E-state index in [4.69, 9.17) is 0 Å². The molecule has 1 heterocycles. The van der Waals surface area contributed by atoms with Gasteiger partial charge in [0.25, 0.3) is 0 Å². The summed E-state index contributed by atoms with van der Waals surface area (Å²) >= 11 is 4.10. The van der Waals surface area contributed by atoms with Crippen molar-refractivity contribution in [3.05, 3.63) is 55.8 Å². The first kappa shape index (κ1) is 13.1. The van der Waals surface area contributed by atoms with Gasteiger partial charge in [-0.3, -0.25) is 0 Å². The first-order valence-corrected chi connectivity index (χ1v) is 7.75. The van der Waals surface area contributed by atoms with Crippen molar-refractivity contribution in [2.24, 2.45) is 0 Å². The van der Waals surface area contributed by atoms with E-state index in [1.807, 2.05) is 0 Å². The molecule has 1 aromatic heterocycles. The summed E-state index contributed by atoms with van der Waals surface area (Å²) in [6, 6.07) is 11.4. The number of thiophene rings is 1. The highest BCUT2D eigenvalue weighted by Crippen LogP contribution is 2.10. The van der Waals surface area contributed by atoms with Crippen molar-refractivity contribution in [3.8, 4) is 0 Å². The average molecular weight is 357 g/mol. The quantitative estimate of drug-likeness (QED) is 0.796. The minimum atomic E-state index is 0.517. The summed E-state index contributed by atoms with van der Waals surface area (Å²) < 4.78 is 1.29. The van der Waals surface area contributed by atoms with Gasteiger partial charge in [-0.1, -0.05) is 12.1 Å². The molecular formula is C14H16INS. The maximum atomic E-state index is 3.56. The predicted molar refractivity (Wildman–Crippen MR) is 83.5 cm³/mol. The minimum Gasteiger partial charge on any atom is -0.310 e. The molecule has 0 radical (unpaired) electrons. The van der Waals surface area contributed by atoms with Crippen molar-refractivity contribution in [2.45, 2.75) is 25.9 Å². The van der Waals surface area contributed by atoms with E-state index in [9.17, 15) is 0 Å². The van der Waals surface area contributed by atoms with Crippen LogP contribution < -0.4 is 5.32 Å². The highest BCUT2D eigenvalue weighted by Gasteiger charge is 2.03. The fourth-order valence-corrected chi connectivity index (χ4v) is 2.77. The third kappa shape index (κ3) is 4.41. The standard InChI is InChI=1S/C14H16INS/c1-11(8-13-6-7-17-10-13)16-9-12-2-4-14(15)5-3-12/h2-7,10-11,16H,8-9H2,1H3. The van der Waals surface area contributed by atoms with Crippen molar-refractivity contribution < 1.29 is 0 Å². The Hall–Kier alpha value is -0.390. The van der Waals surface area contributed by atoms with E-state index in [0.29, 0.717) is 6.04 Å². The summed E-state index contributed by atoms with van der Waals surface area (Å²) in [6.45, 7) is 3.19. The lowest BCUT2D eigenvalue weighted by molar-refractivity contribution is 0.546. The summed E-state index contributed by atoms with van der Waals surface area (Å²) in [5.41, 5.74) is 2.78. The Kier molecular flexibility index (Phi) is 5.00. The van der Waals surface area contributed by atoms with Crippen molar-refractivity contribution in [2.75, 3.05) is 0 Å². The molecular weight excluding hydrogens is 341 g/mol. The molecule has 1 unspecified atom stereocenters. The number of halogens is 1. The number of hydrogen-bond acceptors (Lipinski definition) is 2. The fraction of sp³-hybridized carbons (Fsp3) is 0.286. The van der Waals surface area contributed by atoms with Gasteiger partial charge < -0.3 is 5.32 Å². The molecule has 0 aliphatic rings. The number of benzene rings is 1. The Bertz CT molecular complexity index is 436. The van der Waals surface area contributed by atoms with Crippen LogP contribution in [0.15, 0.2) is 41.1 Å². The largest absolute Gasteiger partial charge is 0.310 e. The smallest absolute Gasteiger partial charge is 0.0208 e. The molecule has 0 saturated carbocycles. The van der Waals surface area contributed by atoms with Gasteiger partial charge in [0.05, 0.1) is 0 Å². The van der Waals surface area contributed by atoms with Gasteiger partial charge >= 0.3 is 0 Å². The topological polar surface area (TPSA) is 12.0 Å². The first-order valence-electron chi connectivity index (χ1n) is 5.73. The maximum absolute atomic E-state index is 3.56. The van der Waals surface area contributed by atoms with Gasteiger partial charge in [0.15, 0.2) is 0 Å². The Balaban J connectivity index is 1.79. The van der Waals surface area contributed by atoms with Crippen LogP contribution in [0.5, 0.6) is 0 Å². The first-order chi connectivity index (χ1) is 8.24. The van der Waals surface area contributed by atoms with Crippen LogP contribution in [0, 0.1) is 3.57 Å². The highest BCUT2D eigenvalue weighted by atomic mass is 127. The molecule has 0 amide bonds. The van der Waals surface area contributed by atoms with E-state index in [2.05, 4.69) is 75.9 Å². The van der Waals surface area contributed by atoms with Crippen LogP contribution in [-0.4, -0.2) is 6.04 Å². The molecule has 0 spiro atoms. The van der Waals surface area contributed by atoms with Gasteiger partial charge in [-0.05, 0) is 76.0 Å². The zero-order valence-corrected chi connectivity index (χ0v) is 12.8. The second kappa shape index (κ2) is 6.52. The third-order valence-corrected chi connectivity index (χ3v) is 4.14. The molecule has 1 atom stereocenters. The molecule has 2 aromatic rings. The van der Waals surface area contributed by atoms with Crippen LogP contribution in [0.3, 0.4) is 0 Å². The van der Waals surface area contributed by atoms with Crippen molar-refractivity contribution in [1.82, 2.24) is 5.32 Å². The minimum absolute atomic E-state index is 0.517. The van der Waals surface area contributed by atoms with Gasteiger partial charge in [0.1, 0.15) is 0 Å². The van der Waals surface area contributed by atoms with Crippen LogP contribution in [0.4, 0.5) is 0 Å². The van der Waals surface area contributed by atoms with Crippen LogP contribution in [0.2, 0.25) is 0 Å². The average Bonchev–Trinajstić information content (AvgIpc) is 2.81. The van der Waals surface area contributed by atoms with Crippen LogP contribution in [0.25, 0.3) is 0 Å². The van der Waals surface area contributed by atoms with Gasteiger partial charge in [-0.25, -0.2) is 0 Å². The summed E-state index contributed by atoms with van der Waals surface area (Å²) in [7, 11) is 0. The summed E-state index contributed by atoms with van der Waals surface area (Å²) in [6.07, 6.45) is 1.11. The van der Waals surface area contributed by atoms with Crippen molar-refractivity contribution in [1.29, 1.82) is 0 Å². The lowest BCUT2D eigenvalue weighted by Crippen LogP contribution is -2.27. The maximum Gasteiger partial charge on any atom is 0.0208 e. The Morgan fingerprint density at radius 3 is 2.59 bits per heavy atom. The van der Waals surface area contributed by atoms with Crippen molar-refractivity contribution in [3.63, 3.8) is 0 Å². The van der Waals surface area contributed by atoms with E-state index in [0.717, 1.165) is 13.0 Å². The van der Waals surface area contributed by atoms with Crippen molar-refractivity contribution >= 4 is 33.9 Å². The summed E-state index contributed by atoms with van der Waals surface area (Å²) in [4.78, 5) is 0. The zero-order valence-electron chi connectivity index (χ0n) is 9.82. The monoisotopic (exact) mass is 357 g/mol. The van der Waals surface area contributed by atoms with Crippen LogP contribution in [0.1, 0.15) is 18.1 Å². The Morgan fingerprint density at radius 2 is 1.94 bits per heavy atom. The molecule has 1 aromatic carbocycles. The Labute approximate surface area is 120 Å². The summed E-state index contributed by atoms with van der Waals surface area (Å²) in [5, 5.41) is 7.92. The van der Waals surface area contributed by atoms with Gasteiger partial charge in [0.2, 0.25) is 0 Å². The number of nitrogens with one attached hydrogen (secondary N) is 1. The van der Waals surface area contributed by atoms with E-state index in [1.54, 1.807) is 11.3 Å². The molecule has 3 heteroatoms. The predicted octanol–water partition coefficient (Wildman–Crippen LogP) is 4.07. The molecule has 0 saturated heterocycles. The molecule has 2 rings (SSSR count). The highest BCUT2D eigenvalue weighted by molar-refractivity contribution is 14.1.